The van der Waals surface area contributed by atoms with Crippen molar-refractivity contribution in [2.45, 2.75) is 107 Å². The van der Waals surface area contributed by atoms with E-state index in [1.165, 1.54) is 49.7 Å². The first-order valence-electron chi connectivity index (χ1n) is 11.8. The summed E-state index contributed by atoms with van der Waals surface area (Å²) in [6, 6.07) is 0. The first kappa shape index (κ1) is 24.5. The lowest BCUT2D eigenvalue weighted by atomic mass is 9.68. The highest BCUT2D eigenvalue weighted by molar-refractivity contribution is 5.16. The van der Waals surface area contributed by atoms with Gasteiger partial charge in [0.15, 0.2) is 0 Å². The molecule has 1 saturated carbocycles. The largest absolute Gasteiger partial charge is 0.0998 e. The maximum absolute atomic E-state index is 4.68. The Morgan fingerprint density at radius 3 is 2.11 bits per heavy atom. The highest BCUT2D eigenvalue weighted by Gasteiger charge is 2.38. The molecule has 1 rings (SSSR count). The van der Waals surface area contributed by atoms with Crippen LogP contribution >= 0.6 is 0 Å². The Labute approximate surface area is 172 Å². The van der Waals surface area contributed by atoms with Crippen molar-refractivity contribution in [3.63, 3.8) is 0 Å². The first-order valence-corrected chi connectivity index (χ1v) is 11.8. The third kappa shape index (κ3) is 7.78. The van der Waals surface area contributed by atoms with Crippen molar-refractivity contribution in [2.75, 3.05) is 0 Å². The number of rotatable bonds is 11. The van der Waals surface area contributed by atoms with Gasteiger partial charge in [0.05, 0.1) is 0 Å². The van der Waals surface area contributed by atoms with Crippen molar-refractivity contribution >= 4 is 0 Å². The Morgan fingerprint density at radius 1 is 1.00 bits per heavy atom. The van der Waals surface area contributed by atoms with Gasteiger partial charge in [0.1, 0.15) is 0 Å². The molecule has 1 aliphatic carbocycles. The third-order valence-corrected chi connectivity index (χ3v) is 7.53. The number of allylic oxidation sites excluding steroid dienone is 2. The molecule has 0 heterocycles. The highest BCUT2D eigenvalue weighted by atomic mass is 14.4. The van der Waals surface area contributed by atoms with Crippen molar-refractivity contribution in [3.05, 3.63) is 24.3 Å². The van der Waals surface area contributed by atoms with Crippen molar-refractivity contribution in [2.24, 2.45) is 40.9 Å². The molecule has 0 aromatic rings. The topological polar surface area (TPSA) is 0 Å². The van der Waals surface area contributed by atoms with Crippen LogP contribution in [0, 0.1) is 40.9 Å². The van der Waals surface area contributed by atoms with Gasteiger partial charge in [-0.1, -0.05) is 99.0 Å². The second kappa shape index (κ2) is 10.9. The second-order valence-corrected chi connectivity index (χ2v) is 11.2. The van der Waals surface area contributed by atoms with E-state index in [-0.39, 0.29) is 5.41 Å². The van der Waals surface area contributed by atoms with Gasteiger partial charge < -0.3 is 0 Å². The minimum absolute atomic E-state index is 0.274. The van der Waals surface area contributed by atoms with E-state index in [4.69, 9.17) is 0 Å². The van der Waals surface area contributed by atoms with Gasteiger partial charge in [-0.05, 0) is 73.0 Å². The van der Waals surface area contributed by atoms with E-state index in [1.54, 1.807) is 0 Å². The van der Waals surface area contributed by atoms with Gasteiger partial charge in [0.25, 0.3) is 0 Å². The zero-order valence-corrected chi connectivity index (χ0v) is 20.0. The predicted molar refractivity (Wildman–Crippen MR) is 124 cm³/mol. The van der Waals surface area contributed by atoms with Crippen LogP contribution in [0.2, 0.25) is 0 Å². The zero-order chi connectivity index (χ0) is 20.8. The summed E-state index contributed by atoms with van der Waals surface area (Å²) >= 11 is 0. The molecule has 0 bridgehead atoms. The van der Waals surface area contributed by atoms with Gasteiger partial charge in [-0.2, -0.15) is 0 Å². The lowest BCUT2D eigenvalue weighted by Gasteiger charge is -2.37. The lowest BCUT2D eigenvalue weighted by Crippen LogP contribution is -2.27. The number of hydrogen-bond acceptors (Lipinski definition) is 0. The number of hydrogen-bond donors (Lipinski definition) is 0. The summed E-state index contributed by atoms with van der Waals surface area (Å²) in [4.78, 5) is 0. The van der Waals surface area contributed by atoms with E-state index >= 15 is 0 Å². The Morgan fingerprint density at radius 2 is 1.59 bits per heavy atom. The molecule has 1 fully saturated rings. The maximum atomic E-state index is 4.68. The molecule has 0 aromatic carbocycles. The van der Waals surface area contributed by atoms with Crippen LogP contribution in [0.15, 0.2) is 24.3 Å². The second-order valence-electron chi connectivity index (χ2n) is 11.2. The van der Waals surface area contributed by atoms with Crippen LogP contribution in [-0.2, 0) is 0 Å². The summed E-state index contributed by atoms with van der Waals surface area (Å²) in [7, 11) is 0. The van der Waals surface area contributed by atoms with E-state index in [0.29, 0.717) is 11.8 Å². The molecule has 0 amide bonds. The maximum Gasteiger partial charge on any atom is -0.0117 e. The van der Waals surface area contributed by atoms with E-state index in [9.17, 15) is 0 Å². The van der Waals surface area contributed by atoms with Gasteiger partial charge in [0.2, 0.25) is 0 Å². The van der Waals surface area contributed by atoms with Crippen molar-refractivity contribution in [3.8, 4) is 0 Å². The standard InChI is InChI=1S/C27H50/c1-11-19(3)13-14-21(5)15-24-17-22(6)25(18-24)23(7)26(27(8,9)10)16-20(4)12-2/h19,21-22,24-26H,4,7,11-18H2,1-3,5-6,8-10H3/t19?,21-,22+,24+,25?,26+/m0/s1. The Bertz CT molecular complexity index is 463. The minimum atomic E-state index is 0.274. The van der Waals surface area contributed by atoms with Crippen molar-refractivity contribution < 1.29 is 0 Å². The minimum Gasteiger partial charge on any atom is -0.0998 e. The molecular weight excluding hydrogens is 324 g/mol. The lowest BCUT2D eigenvalue weighted by molar-refractivity contribution is 0.247. The average molecular weight is 375 g/mol. The Hall–Kier alpha value is -0.520. The molecule has 0 nitrogen and oxygen atoms in total. The molecule has 0 saturated heterocycles. The third-order valence-electron chi connectivity index (χ3n) is 7.53. The molecule has 2 unspecified atom stereocenters. The van der Waals surface area contributed by atoms with Crippen molar-refractivity contribution in [1.82, 2.24) is 0 Å². The summed E-state index contributed by atoms with van der Waals surface area (Å²) in [5.74, 6) is 4.75. The molecule has 6 atom stereocenters. The van der Waals surface area contributed by atoms with E-state index < -0.39 is 0 Å². The zero-order valence-electron chi connectivity index (χ0n) is 20.0. The van der Waals surface area contributed by atoms with E-state index in [2.05, 4.69) is 68.5 Å². The monoisotopic (exact) mass is 374 g/mol. The molecule has 0 spiro atoms. The summed E-state index contributed by atoms with van der Waals surface area (Å²) < 4.78 is 0. The fourth-order valence-corrected chi connectivity index (χ4v) is 5.23. The molecule has 0 heteroatoms. The van der Waals surface area contributed by atoms with E-state index in [0.717, 1.165) is 36.5 Å². The summed E-state index contributed by atoms with van der Waals surface area (Å²) in [5, 5.41) is 0. The Kier molecular flexibility index (Phi) is 9.87. The first-order chi connectivity index (χ1) is 12.5. The molecule has 0 radical (unpaired) electrons. The fraction of sp³-hybridized carbons (Fsp3) is 0.852. The van der Waals surface area contributed by atoms with Gasteiger partial charge in [-0.15, -0.1) is 0 Å². The fourth-order valence-electron chi connectivity index (χ4n) is 5.23. The quantitative estimate of drug-likeness (QED) is 0.316. The molecule has 158 valence electrons. The van der Waals surface area contributed by atoms with Crippen LogP contribution in [0.3, 0.4) is 0 Å². The SMILES string of the molecule is C=C(CC)C[C@H](C(=C)C1C[C@H](C[C@@H](C)CCC(C)CC)C[C@H]1C)C(C)(C)C. The molecule has 0 aromatic heterocycles. The van der Waals surface area contributed by atoms with E-state index in [1.807, 2.05) is 0 Å². The molecule has 27 heavy (non-hydrogen) atoms. The van der Waals surface area contributed by atoms with Crippen LogP contribution in [0.25, 0.3) is 0 Å². The summed E-state index contributed by atoms with van der Waals surface area (Å²) in [6.07, 6.45) is 10.6. The molecular formula is C27H50. The van der Waals surface area contributed by atoms with Gasteiger partial charge in [0, 0.05) is 0 Å². The van der Waals surface area contributed by atoms with Crippen LogP contribution in [0.4, 0.5) is 0 Å². The smallest absolute Gasteiger partial charge is 0.0117 e. The Balaban J connectivity index is 2.69. The predicted octanol–water partition coefficient (Wildman–Crippen LogP) is 9.08. The normalized spacial score (nSPS) is 26.6. The van der Waals surface area contributed by atoms with Gasteiger partial charge in [-0.25, -0.2) is 0 Å². The highest BCUT2D eigenvalue weighted by Crippen LogP contribution is 2.49. The van der Waals surface area contributed by atoms with Crippen LogP contribution in [0.5, 0.6) is 0 Å². The molecule has 1 aliphatic rings. The molecule has 0 aliphatic heterocycles. The van der Waals surface area contributed by atoms with Crippen LogP contribution in [-0.4, -0.2) is 0 Å². The average Bonchev–Trinajstić information content (AvgIpc) is 2.95. The van der Waals surface area contributed by atoms with Crippen LogP contribution < -0.4 is 0 Å². The van der Waals surface area contributed by atoms with Gasteiger partial charge in [-0.3, -0.25) is 0 Å². The summed E-state index contributed by atoms with van der Waals surface area (Å²) in [6.45, 7) is 28.1. The summed E-state index contributed by atoms with van der Waals surface area (Å²) in [5.41, 5.74) is 3.19. The van der Waals surface area contributed by atoms with Gasteiger partial charge >= 0.3 is 0 Å². The molecule has 0 N–H and O–H groups in total. The van der Waals surface area contributed by atoms with Crippen LogP contribution in [0.1, 0.15) is 107 Å². The van der Waals surface area contributed by atoms with Crippen molar-refractivity contribution in [1.29, 1.82) is 0 Å².